The lowest BCUT2D eigenvalue weighted by molar-refractivity contribution is -0.137. The summed E-state index contributed by atoms with van der Waals surface area (Å²) in [5.41, 5.74) is 0. The molecule has 6 heteroatoms. The van der Waals surface area contributed by atoms with E-state index >= 15 is 0 Å². The Morgan fingerprint density at radius 2 is 2.06 bits per heavy atom. The number of carboxylic acids is 1. The van der Waals surface area contributed by atoms with Crippen LogP contribution >= 0.6 is 0 Å². The minimum Gasteiger partial charge on any atom is -0.480 e. The first-order valence-electron chi connectivity index (χ1n) is 6.11. The molecule has 0 saturated carbocycles. The van der Waals surface area contributed by atoms with Gasteiger partial charge in [-0.2, -0.15) is 0 Å². The maximum absolute atomic E-state index is 11.9. The van der Waals surface area contributed by atoms with Crippen molar-refractivity contribution in [3.05, 3.63) is 0 Å². The summed E-state index contributed by atoms with van der Waals surface area (Å²) in [6, 6.07) is -0.0990. The minimum atomic E-state index is -0.973. The molecule has 0 aliphatic carbocycles. The molecule has 1 rings (SSSR count). The van der Waals surface area contributed by atoms with Gasteiger partial charge in [-0.15, -0.1) is 0 Å². The van der Waals surface area contributed by atoms with E-state index in [0.717, 1.165) is 32.4 Å². The molecule has 0 atom stereocenters. The molecule has 6 nitrogen and oxygen atoms in total. The smallest absolute Gasteiger partial charge is 0.323 e. The van der Waals surface area contributed by atoms with Gasteiger partial charge in [0, 0.05) is 12.6 Å². The molecule has 0 aromatic heterocycles. The molecule has 3 N–H and O–H groups in total. The summed E-state index contributed by atoms with van der Waals surface area (Å²) in [4.78, 5) is 23.9. The average Bonchev–Trinajstić information content (AvgIpc) is 2.29. The van der Waals surface area contributed by atoms with Gasteiger partial charge in [-0.3, -0.25) is 4.79 Å². The zero-order valence-corrected chi connectivity index (χ0v) is 10.2. The quantitative estimate of drug-likeness (QED) is 0.646. The normalized spacial score (nSPS) is 16.5. The van der Waals surface area contributed by atoms with Crippen LogP contribution in [0, 0.1) is 0 Å². The van der Waals surface area contributed by atoms with Gasteiger partial charge in [0.15, 0.2) is 0 Å². The van der Waals surface area contributed by atoms with Crippen LogP contribution in [0.15, 0.2) is 0 Å². The Morgan fingerprint density at radius 3 is 2.59 bits per heavy atom. The molecule has 0 unspecified atom stereocenters. The van der Waals surface area contributed by atoms with Crippen LogP contribution in [-0.2, 0) is 4.79 Å². The van der Waals surface area contributed by atoms with Gasteiger partial charge in [-0.05, 0) is 32.4 Å². The number of hydrogen-bond acceptors (Lipinski definition) is 3. The Balaban J connectivity index is 2.42. The van der Waals surface area contributed by atoms with E-state index in [4.69, 9.17) is 5.11 Å². The van der Waals surface area contributed by atoms with E-state index in [-0.39, 0.29) is 18.6 Å². The van der Waals surface area contributed by atoms with Crippen LogP contribution < -0.4 is 10.6 Å². The second-order valence-electron chi connectivity index (χ2n) is 4.29. The van der Waals surface area contributed by atoms with Crippen LogP contribution in [0.25, 0.3) is 0 Å². The molecule has 0 spiro atoms. The fourth-order valence-electron chi connectivity index (χ4n) is 1.92. The topological polar surface area (TPSA) is 81.7 Å². The summed E-state index contributed by atoms with van der Waals surface area (Å²) in [6.07, 6.45) is 2.56. The molecule has 0 radical (unpaired) electrons. The zero-order chi connectivity index (χ0) is 12.7. The van der Waals surface area contributed by atoms with Crippen LogP contribution in [0.3, 0.4) is 0 Å². The Bertz CT molecular complexity index is 265. The summed E-state index contributed by atoms with van der Waals surface area (Å²) in [6.45, 7) is 3.97. The lowest BCUT2D eigenvalue weighted by Gasteiger charge is -2.27. The summed E-state index contributed by atoms with van der Waals surface area (Å²) >= 11 is 0. The van der Waals surface area contributed by atoms with Crippen LogP contribution in [0.2, 0.25) is 0 Å². The minimum absolute atomic E-state index is 0.164. The number of carbonyl (C=O) groups excluding carboxylic acids is 1. The molecule has 1 saturated heterocycles. The number of carboxylic acid groups (broad SMARTS) is 1. The first kappa shape index (κ1) is 13.8. The number of carbonyl (C=O) groups is 2. The first-order valence-corrected chi connectivity index (χ1v) is 6.11. The maximum atomic E-state index is 11.9. The number of piperidine rings is 1. The fraction of sp³-hybridized carbons (Fsp3) is 0.818. The number of hydrogen-bond donors (Lipinski definition) is 3. The van der Waals surface area contributed by atoms with Crippen molar-refractivity contribution in [2.45, 2.75) is 32.2 Å². The van der Waals surface area contributed by atoms with E-state index in [1.54, 1.807) is 0 Å². The summed E-state index contributed by atoms with van der Waals surface area (Å²) in [5, 5.41) is 14.8. The summed E-state index contributed by atoms with van der Waals surface area (Å²) in [7, 11) is 0. The molecular weight excluding hydrogens is 222 g/mol. The number of amides is 2. The van der Waals surface area contributed by atoms with Crippen molar-refractivity contribution < 1.29 is 14.7 Å². The maximum Gasteiger partial charge on any atom is 0.323 e. The van der Waals surface area contributed by atoms with E-state index in [0.29, 0.717) is 6.54 Å². The number of urea groups is 1. The highest BCUT2D eigenvalue weighted by Gasteiger charge is 2.20. The second kappa shape index (κ2) is 7.11. The van der Waals surface area contributed by atoms with Crippen molar-refractivity contribution >= 4 is 12.0 Å². The van der Waals surface area contributed by atoms with E-state index in [2.05, 4.69) is 10.6 Å². The van der Waals surface area contributed by atoms with Gasteiger partial charge in [0.25, 0.3) is 0 Å². The molecule has 0 aromatic carbocycles. The Morgan fingerprint density at radius 1 is 1.41 bits per heavy atom. The van der Waals surface area contributed by atoms with E-state index in [9.17, 15) is 9.59 Å². The molecule has 2 amide bonds. The van der Waals surface area contributed by atoms with Crippen molar-refractivity contribution in [2.75, 3.05) is 26.2 Å². The Kier molecular flexibility index (Phi) is 5.76. The predicted octanol–water partition coefficient (Wildman–Crippen LogP) is 0.245. The molecule has 1 heterocycles. The molecule has 1 aliphatic heterocycles. The lowest BCUT2D eigenvalue weighted by Crippen LogP contribution is -2.49. The molecular formula is C11H21N3O3. The largest absolute Gasteiger partial charge is 0.480 e. The molecule has 1 aliphatic rings. The summed E-state index contributed by atoms with van der Waals surface area (Å²) in [5.74, 6) is -0.973. The third kappa shape index (κ3) is 5.04. The highest BCUT2D eigenvalue weighted by Crippen LogP contribution is 2.03. The van der Waals surface area contributed by atoms with Gasteiger partial charge in [0.1, 0.15) is 6.54 Å². The number of nitrogens with one attached hydrogen (secondary N) is 2. The van der Waals surface area contributed by atoms with Crippen molar-refractivity contribution in [2.24, 2.45) is 0 Å². The third-order valence-corrected chi connectivity index (χ3v) is 2.77. The monoisotopic (exact) mass is 243 g/mol. The van der Waals surface area contributed by atoms with Gasteiger partial charge < -0.3 is 20.6 Å². The molecule has 17 heavy (non-hydrogen) atoms. The SMILES string of the molecule is CCCN(CC(=O)O)C(=O)NC1CCNCC1. The summed E-state index contributed by atoms with van der Waals surface area (Å²) < 4.78 is 0. The highest BCUT2D eigenvalue weighted by atomic mass is 16.4. The van der Waals surface area contributed by atoms with Crippen LogP contribution in [0.1, 0.15) is 26.2 Å². The molecule has 1 fully saturated rings. The van der Waals surface area contributed by atoms with Crippen molar-refractivity contribution in [3.8, 4) is 0 Å². The van der Waals surface area contributed by atoms with Crippen LogP contribution in [0.4, 0.5) is 4.79 Å². The lowest BCUT2D eigenvalue weighted by atomic mass is 10.1. The predicted molar refractivity (Wildman–Crippen MR) is 63.9 cm³/mol. The van der Waals surface area contributed by atoms with Crippen molar-refractivity contribution in [3.63, 3.8) is 0 Å². The van der Waals surface area contributed by atoms with Crippen molar-refractivity contribution in [1.29, 1.82) is 0 Å². The van der Waals surface area contributed by atoms with Crippen LogP contribution in [0.5, 0.6) is 0 Å². The first-order chi connectivity index (χ1) is 8.13. The molecule has 0 aromatic rings. The van der Waals surface area contributed by atoms with Gasteiger partial charge in [0.2, 0.25) is 0 Å². The highest BCUT2D eigenvalue weighted by molar-refractivity contribution is 5.80. The Hall–Kier alpha value is -1.30. The van der Waals surface area contributed by atoms with Gasteiger partial charge >= 0.3 is 12.0 Å². The number of nitrogens with zero attached hydrogens (tertiary/aromatic N) is 1. The second-order valence-corrected chi connectivity index (χ2v) is 4.29. The number of aliphatic carboxylic acids is 1. The Labute approximate surface area is 101 Å². The van der Waals surface area contributed by atoms with E-state index in [1.807, 2.05) is 6.92 Å². The van der Waals surface area contributed by atoms with E-state index < -0.39 is 5.97 Å². The van der Waals surface area contributed by atoms with Gasteiger partial charge in [0.05, 0.1) is 0 Å². The standard InChI is InChI=1S/C11H21N3O3/c1-2-7-14(8-10(15)16)11(17)13-9-3-5-12-6-4-9/h9,12H,2-8H2,1H3,(H,13,17)(H,15,16). The zero-order valence-electron chi connectivity index (χ0n) is 10.2. The third-order valence-electron chi connectivity index (χ3n) is 2.77. The average molecular weight is 243 g/mol. The molecule has 98 valence electrons. The van der Waals surface area contributed by atoms with Crippen molar-refractivity contribution in [1.82, 2.24) is 15.5 Å². The van der Waals surface area contributed by atoms with E-state index in [1.165, 1.54) is 4.90 Å². The van der Waals surface area contributed by atoms with Gasteiger partial charge in [-0.25, -0.2) is 4.79 Å². The van der Waals surface area contributed by atoms with Crippen LogP contribution in [-0.4, -0.2) is 54.2 Å². The number of rotatable bonds is 5. The van der Waals surface area contributed by atoms with Gasteiger partial charge in [-0.1, -0.05) is 6.92 Å². The fourth-order valence-corrected chi connectivity index (χ4v) is 1.92. The molecule has 0 bridgehead atoms.